The van der Waals surface area contributed by atoms with Gasteiger partial charge in [-0.25, -0.2) is 0 Å². The first-order valence-corrected chi connectivity index (χ1v) is 8.41. The van der Waals surface area contributed by atoms with Gasteiger partial charge in [0, 0.05) is 6.92 Å². The molecule has 3 aromatic rings. The molecule has 3 rings (SSSR count). The number of rotatable bonds is 4. The fraction of sp³-hybridized carbons (Fsp3) is 0.188. The molecule has 12 heteroatoms. The number of methoxy groups -OCH3 is 1. The summed E-state index contributed by atoms with van der Waals surface area (Å²) in [6.07, 6.45) is 0. The van der Waals surface area contributed by atoms with Gasteiger partial charge >= 0.3 is 5.69 Å². The van der Waals surface area contributed by atoms with Crippen LogP contribution in [0.15, 0.2) is 16.7 Å². The van der Waals surface area contributed by atoms with Crippen LogP contribution in [0.3, 0.4) is 0 Å². The van der Waals surface area contributed by atoms with Gasteiger partial charge in [0.2, 0.25) is 17.3 Å². The topological polar surface area (TPSA) is 138 Å². The highest BCUT2D eigenvalue weighted by Gasteiger charge is 2.30. The summed E-state index contributed by atoms with van der Waals surface area (Å²) in [4.78, 5) is 14.7. The molecule has 0 atom stereocenters. The summed E-state index contributed by atoms with van der Waals surface area (Å²) >= 11 is 12.3. The lowest BCUT2D eigenvalue weighted by Gasteiger charge is -2.10. The van der Waals surface area contributed by atoms with Gasteiger partial charge in [0.1, 0.15) is 16.1 Å². The number of pyridine rings is 1. The Labute approximate surface area is 167 Å². The minimum atomic E-state index is -0.802. The van der Waals surface area contributed by atoms with Crippen molar-refractivity contribution < 1.29 is 24.0 Å². The minimum Gasteiger partial charge on any atom is -0.617 e. The Kier molecular flexibility index (Phi) is 5.01. The number of aromatic hydroxyl groups is 1. The minimum absolute atomic E-state index is 0.0893. The van der Waals surface area contributed by atoms with E-state index in [0.29, 0.717) is 10.3 Å². The van der Waals surface area contributed by atoms with E-state index >= 15 is 0 Å². The Balaban J connectivity index is 2.21. The number of ether oxygens (including phenoxy) is 1. The molecule has 0 aliphatic rings. The first kappa shape index (κ1) is 19.6. The van der Waals surface area contributed by atoms with Crippen molar-refractivity contribution >= 4 is 28.9 Å². The van der Waals surface area contributed by atoms with Gasteiger partial charge in [-0.15, -0.1) is 0 Å². The van der Waals surface area contributed by atoms with Crippen LogP contribution in [0, 0.1) is 29.2 Å². The number of aromatic nitrogens is 3. The molecule has 0 aliphatic heterocycles. The molecule has 0 saturated carbocycles. The van der Waals surface area contributed by atoms with Crippen molar-refractivity contribution in [2.24, 2.45) is 0 Å². The molecule has 1 aromatic carbocycles. The average molecular weight is 427 g/mol. The van der Waals surface area contributed by atoms with Gasteiger partial charge in [0.25, 0.3) is 11.0 Å². The number of hydrogen-bond donors (Lipinski definition) is 1. The van der Waals surface area contributed by atoms with Gasteiger partial charge in [-0.05, 0) is 36.2 Å². The monoisotopic (exact) mass is 426 g/mol. The third-order valence-corrected chi connectivity index (χ3v) is 5.01. The molecule has 0 spiro atoms. The van der Waals surface area contributed by atoms with E-state index in [4.69, 9.17) is 32.5 Å². The molecular weight excluding hydrogens is 415 g/mol. The zero-order valence-corrected chi connectivity index (χ0v) is 16.2. The van der Waals surface area contributed by atoms with Crippen molar-refractivity contribution in [1.82, 2.24) is 10.1 Å². The van der Waals surface area contributed by atoms with Crippen molar-refractivity contribution in [2.75, 3.05) is 7.11 Å². The molecule has 0 amide bonds. The van der Waals surface area contributed by atoms with Gasteiger partial charge in [0.05, 0.1) is 12.0 Å². The van der Waals surface area contributed by atoms with Crippen molar-refractivity contribution in [1.29, 1.82) is 0 Å². The van der Waals surface area contributed by atoms with Crippen LogP contribution in [-0.2, 0) is 0 Å². The van der Waals surface area contributed by atoms with Crippen molar-refractivity contribution in [3.8, 4) is 34.3 Å². The second-order valence-electron chi connectivity index (χ2n) is 5.68. The summed E-state index contributed by atoms with van der Waals surface area (Å²) in [6.45, 7) is 3.12. The summed E-state index contributed by atoms with van der Waals surface area (Å²) < 4.78 is 10.4. The average Bonchev–Trinajstić information content (AvgIpc) is 3.13. The van der Waals surface area contributed by atoms with Crippen molar-refractivity contribution in [2.45, 2.75) is 13.8 Å². The van der Waals surface area contributed by atoms with E-state index in [1.54, 1.807) is 6.92 Å². The third-order valence-electron chi connectivity index (χ3n) is 4.11. The molecule has 10 nitrogen and oxygen atoms in total. The van der Waals surface area contributed by atoms with Crippen LogP contribution in [0.4, 0.5) is 5.69 Å². The smallest absolute Gasteiger partial charge is 0.327 e. The van der Waals surface area contributed by atoms with Gasteiger partial charge in [-0.1, -0.05) is 16.8 Å². The Morgan fingerprint density at radius 1 is 1.32 bits per heavy atom. The number of benzene rings is 1. The predicted molar refractivity (Wildman–Crippen MR) is 98.5 cm³/mol. The highest BCUT2D eigenvalue weighted by Crippen LogP contribution is 2.43. The van der Waals surface area contributed by atoms with Crippen LogP contribution in [0.2, 0.25) is 10.2 Å². The van der Waals surface area contributed by atoms with Crippen LogP contribution in [-0.4, -0.2) is 27.3 Å². The molecule has 2 heterocycles. The molecule has 0 fully saturated rings. The Morgan fingerprint density at radius 3 is 2.61 bits per heavy atom. The number of halogens is 2. The van der Waals surface area contributed by atoms with E-state index < -0.39 is 16.4 Å². The van der Waals surface area contributed by atoms with E-state index in [-0.39, 0.29) is 44.5 Å². The van der Waals surface area contributed by atoms with Gasteiger partial charge in [-0.2, -0.15) is 9.71 Å². The van der Waals surface area contributed by atoms with Gasteiger partial charge < -0.3 is 19.6 Å². The standard InChI is InChI=1S/C16H12Cl2N4O6/c1-6-10(14(18)21(24)7(2)11(6)17)15-19-16(28-20-15)8-4-5-9(27-3)13(23)12(8)22(25)26/h4-5,23H,1-3H3. The number of nitrogens with zero attached hydrogens (tertiary/aromatic N) is 4. The maximum Gasteiger partial charge on any atom is 0.327 e. The summed E-state index contributed by atoms with van der Waals surface area (Å²) in [5.74, 6) is -1.13. The summed E-state index contributed by atoms with van der Waals surface area (Å²) in [5, 5.41) is 37.3. The number of nitro groups is 1. The molecule has 0 unspecified atom stereocenters. The Morgan fingerprint density at radius 2 is 2.00 bits per heavy atom. The van der Waals surface area contributed by atoms with Crippen molar-refractivity contribution in [3.05, 3.63) is 48.9 Å². The van der Waals surface area contributed by atoms with E-state index in [2.05, 4.69) is 10.1 Å². The second-order valence-corrected chi connectivity index (χ2v) is 6.41. The maximum absolute atomic E-state index is 12.1. The van der Waals surface area contributed by atoms with Gasteiger partial charge in [-0.3, -0.25) is 10.1 Å². The number of phenols is 1. The molecule has 2 aromatic heterocycles. The van der Waals surface area contributed by atoms with E-state index in [9.17, 15) is 20.4 Å². The van der Waals surface area contributed by atoms with Crippen LogP contribution in [0.5, 0.6) is 11.5 Å². The SMILES string of the molecule is COc1ccc(-c2nc(-c3c(C)c(Cl)c(C)[n+]([O-])c3Cl)no2)c([N+](=O)[O-])c1O. The lowest BCUT2D eigenvalue weighted by Crippen LogP contribution is -2.33. The van der Waals surface area contributed by atoms with Crippen molar-refractivity contribution in [3.63, 3.8) is 0 Å². The number of nitro benzene ring substituents is 1. The van der Waals surface area contributed by atoms with Crippen LogP contribution in [0.1, 0.15) is 11.3 Å². The molecule has 0 aliphatic carbocycles. The quantitative estimate of drug-likeness (QED) is 0.219. The molecule has 0 saturated heterocycles. The zero-order chi connectivity index (χ0) is 20.7. The molecule has 146 valence electrons. The third kappa shape index (κ3) is 2.96. The van der Waals surface area contributed by atoms with Crippen LogP contribution >= 0.6 is 23.2 Å². The van der Waals surface area contributed by atoms with E-state index in [1.165, 1.54) is 26.2 Å². The highest BCUT2D eigenvalue weighted by atomic mass is 35.5. The second kappa shape index (κ2) is 7.13. The fourth-order valence-electron chi connectivity index (χ4n) is 2.65. The molecule has 0 bridgehead atoms. The predicted octanol–water partition coefficient (Wildman–Crippen LogP) is 3.58. The van der Waals surface area contributed by atoms with Gasteiger partial charge in [0.15, 0.2) is 5.75 Å². The molecule has 28 heavy (non-hydrogen) atoms. The summed E-state index contributed by atoms with van der Waals surface area (Å²) in [7, 11) is 1.26. The number of hydrogen-bond acceptors (Lipinski definition) is 8. The lowest BCUT2D eigenvalue weighted by molar-refractivity contribution is -0.609. The molecule has 0 radical (unpaired) electrons. The maximum atomic E-state index is 12.1. The fourth-order valence-corrected chi connectivity index (χ4v) is 3.18. The first-order chi connectivity index (χ1) is 13.2. The summed E-state index contributed by atoms with van der Waals surface area (Å²) in [5.41, 5.74) is -0.0343. The molecular formula is C16H12Cl2N4O6. The Hall–Kier alpha value is -3.11. The number of phenolic OH excluding ortho intramolecular Hbond substituents is 1. The van der Waals surface area contributed by atoms with Crippen LogP contribution in [0.25, 0.3) is 22.8 Å². The summed E-state index contributed by atoms with van der Waals surface area (Å²) in [6, 6.07) is 2.60. The van der Waals surface area contributed by atoms with Crippen LogP contribution < -0.4 is 9.47 Å². The Bertz CT molecular complexity index is 1090. The normalized spacial score (nSPS) is 10.9. The lowest BCUT2D eigenvalue weighted by atomic mass is 10.1. The van der Waals surface area contributed by atoms with E-state index in [1.807, 2.05) is 0 Å². The zero-order valence-electron chi connectivity index (χ0n) is 14.7. The van der Waals surface area contributed by atoms with E-state index in [0.717, 1.165) is 0 Å². The largest absolute Gasteiger partial charge is 0.617 e. The first-order valence-electron chi connectivity index (χ1n) is 7.65. The highest BCUT2D eigenvalue weighted by molar-refractivity contribution is 6.34. The molecule has 1 N–H and O–H groups in total.